The lowest BCUT2D eigenvalue weighted by Gasteiger charge is -2.73. The zero-order chi connectivity index (χ0) is 67.4. The fourth-order valence-electron chi connectivity index (χ4n) is 39.7. The van der Waals surface area contributed by atoms with E-state index >= 15 is 0 Å². The summed E-state index contributed by atoms with van der Waals surface area (Å²) in [6.45, 7) is 0.997. The molecular weight excluding hydrogens is 1240 g/mol. The smallest absolute Gasteiger partial charge is 0.156 e. The van der Waals surface area contributed by atoms with Crippen LogP contribution in [0.1, 0.15) is 392 Å². The largest absolute Gasteiger partial charge is 0.295 e. The second-order valence-electron chi connectivity index (χ2n) is 45.1. The van der Waals surface area contributed by atoms with E-state index in [1.165, 1.54) is 0 Å². The molecule has 18 aliphatic carbocycles. The Hall–Kier alpha value is -0.0951. The second-order valence-corrected chi connectivity index (χ2v) is 45.1. The quantitative estimate of drug-likeness (QED) is 0.213. The molecule has 0 amide bonds. The maximum atomic E-state index is 4.07. The van der Waals surface area contributed by atoms with Gasteiger partial charge in [0.15, 0.2) is 6.71 Å². The summed E-state index contributed by atoms with van der Waals surface area (Å²) in [6, 6.07) is 10.5. The Kier molecular flexibility index (Phi) is 20.1. The third-order valence-corrected chi connectivity index (χ3v) is 42.2. The van der Waals surface area contributed by atoms with Crippen molar-refractivity contribution in [2.24, 2.45) is 130 Å². The van der Waals surface area contributed by atoms with Crippen molar-refractivity contribution in [3.8, 4) is 0 Å². The molecule has 0 radical (unpaired) electrons. The van der Waals surface area contributed by atoms with E-state index in [-0.39, 0.29) is 0 Å². The average Bonchev–Trinajstić information content (AvgIpc) is 0.879. The lowest BCUT2D eigenvalue weighted by Crippen LogP contribution is -2.78. The minimum atomic E-state index is 0.824. The van der Waals surface area contributed by atoms with Crippen molar-refractivity contribution in [3.05, 3.63) is 0 Å². The molecule has 22 rings (SSSR count). The molecule has 22 aliphatic rings. The van der Waals surface area contributed by atoms with Gasteiger partial charge in [-0.1, -0.05) is 250 Å². The van der Waals surface area contributed by atoms with Crippen molar-refractivity contribution >= 4 is 6.71 Å². The maximum absolute atomic E-state index is 4.07. The summed E-state index contributed by atoms with van der Waals surface area (Å²) < 4.78 is 0. The maximum Gasteiger partial charge on any atom is 0.156 e. The van der Waals surface area contributed by atoms with Crippen LogP contribution in [-0.4, -0.2) is 98.8 Å². The molecule has 0 aromatic rings. The highest BCUT2D eigenvalue weighted by Gasteiger charge is 2.71. The van der Waals surface area contributed by atoms with Crippen LogP contribution in [0.15, 0.2) is 0 Å². The Labute approximate surface area is 634 Å². The molecule has 0 aromatic heterocycles. The number of nitrogens with zero attached hydrogens (tertiary/aromatic N) is 4. The number of fused-ring (bicyclic) bond motifs is 12. The van der Waals surface area contributed by atoms with E-state index in [2.05, 4.69) is 19.6 Å². The summed E-state index contributed by atoms with van der Waals surface area (Å²) in [4.78, 5) is 15.4. The van der Waals surface area contributed by atoms with E-state index in [0.29, 0.717) is 0 Å². The molecular formula is C98H159BN4. The zero-order valence-corrected chi connectivity index (χ0v) is 66.9. The SMILES string of the molecule is C1CCC(C2CCCC(C3CCCCC3)C2N2C3CC(C4CCC5CCCC6C7CCCC8CCCC(C87)C4C56)CCC3B3C4CCC(N5C6CCCCC6C6CCCCC65)CC4N(C4C(C5CCCCC5)CCCC4C4CCCCC4)C4CC(N5C6CCCCC6C6CCCCC65)CC2C34)CC1. The predicted octanol–water partition coefficient (Wildman–Crippen LogP) is 24.9. The summed E-state index contributed by atoms with van der Waals surface area (Å²) >= 11 is 0. The van der Waals surface area contributed by atoms with Gasteiger partial charge in [-0.2, -0.15) is 0 Å². The van der Waals surface area contributed by atoms with Gasteiger partial charge in [-0.3, -0.25) is 19.6 Å². The first-order chi connectivity index (χ1) is 51.2. The van der Waals surface area contributed by atoms with E-state index < -0.39 is 0 Å². The average molecular weight is 1400 g/mol. The van der Waals surface area contributed by atoms with Crippen molar-refractivity contribution in [1.82, 2.24) is 19.6 Å². The Morgan fingerprint density at radius 3 is 0.961 bits per heavy atom. The molecule has 4 aliphatic heterocycles. The van der Waals surface area contributed by atoms with Crippen molar-refractivity contribution in [2.75, 3.05) is 0 Å². The van der Waals surface area contributed by atoms with E-state index in [4.69, 9.17) is 0 Å². The first-order valence-electron chi connectivity index (χ1n) is 50.3. The van der Waals surface area contributed by atoms with Gasteiger partial charge in [0, 0.05) is 72.5 Å². The fraction of sp³-hybridized carbons (Fsp3) is 1.00. The lowest BCUT2D eigenvalue weighted by molar-refractivity contribution is -0.170. The molecule has 4 heterocycles. The molecule has 31 unspecified atom stereocenters. The number of hydrogen-bond donors (Lipinski definition) is 0. The Morgan fingerprint density at radius 1 is 0.165 bits per heavy atom. The van der Waals surface area contributed by atoms with Crippen LogP contribution in [-0.2, 0) is 0 Å². The van der Waals surface area contributed by atoms with Gasteiger partial charge in [-0.25, -0.2) is 0 Å². The molecule has 22 fully saturated rings. The van der Waals surface area contributed by atoms with Gasteiger partial charge in [-0.15, -0.1) is 0 Å². The van der Waals surface area contributed by atoms with E-state index in [0.717, 1.165) is 227 Å². The molecule has 18 saturated carbocycles. The van der Waals surface area contributed by atoms with Gasteiger partial charge in [-0.05, 0) is 289 Å². The van der Waals surface area contributed by atoms with Crippen LogP contribution in [0.25, 0.3) is 0 Å². The van der Waals surface area contributed by atoms with Crippen LogP contribution >= 0.6 is 0 Å². The highest BCUT2D eigenvalue weighted by Crippen LogP contribution is 2.72. The van der Waals surface area contributed by atoms with E-state index in [1.807, 2.05) is 0 Å². The van der Waals surface area contributed by atoms with Crippen LogP contribution in [0.5, 0.6) is 0 Å². The van der Waals surface area contributed by atoms with Gasteiger partial charge < -0.3 is 0 Å². The first kappa shape index (κ1) is 69.6. The molecule has 4 nitrogen and oxygen atoms in total. The fourth-order valence-corrected chi connectivity index (χ4v) is 39.7. The van der Waals surface area contributed by atoms with Crippen LogP contribution in [0, 0.1) is 130 Å². The summed E-state index contributed by atoms with van der Waals surface area (Å²) in [6.07, 6.45) is 97.3. The molecule has 574 valence electrons. The van der Waals surface area contributed by atoms with Gasteiger partial charge in [0.25, 0.3) is 0 Å². The third-order valence-electron chi connectivity index (χ3n) is 42.2. The molecule has 0 bridgehead atoms. The minimum Gasteiger partial charge on any atom is -0.295 e. The number of hydrogen-bond acceptors (Lipinski definition) is 4. The molecule has 0 aromatic carbocycles. The Morgan fingerprint density at radius 2 is 0.495 bits per heavy atom. The van der Waals surface area contributed by atoms with Crippen LogP contribution in [0.2, 0.25) is 17.5 Å². The van der Waals surface area contributed by atoms with Crippen molar-refractivity contribution in [2.45, 2.75) is 482 Å². The van der Waals surface area contributed by atoms with Crippen molar-refractivity contribution in [3.63, 3.8) is 0 Å². The van der Waals surface area contributed by atoms with E-state index in [1.54, 1.807) is 392 Å². The lowest BCUT2D eigenvalue weighted by atomic mass is 9.18. The van der Waals surface area contributed by atoms with Crippen molar-refractivity contribution in [1.29, 1.82) is 0 Å². The van der Waals surface area contributed by atoms with Crippen LogP contribution < -0.4 is 0 Å². The van der Waals surface area contributed by atoms with Crippen LogP contribution in [0.4, 0.5) is 0 Å². The molecule has 5 heteroatoms. The standard InChI is InChI=1S/C98H159BN4/c1-5-26-62(27-6-1)72-41-24-42-73(63-28-7-2-8-29-63)97(72)102-89-58-68(71-55-52-67-36-22-46-81-80-45-21-34-66-35-23-47-82(93(66)80)95(71)94(67)81)53-56-83(89)99-84-57-54-69(100-85-48-17-13-37-76(85)77-38-14-18-49-86(77)100)59-90(84)103(98-74(64-30-9-3-10-31-64)43-25-44-75(98)65-32-11-4-12-33-65)92-61-70(60-91(102)96(92)99)101-87-50-19-15-39-78(87)79-40-16-20-51-88(79)101/h62-98H,1-61H2. The highest BCUT2D eigenvalue weighted by molar-refractivity contribution is 6.65. The number of likely N-dealkylation sites (tertiary alicyclic amines) is 2. The van der Waals surface area contributed by atoms with Crippen molar-refractivity contribution < 1.29 is 0 Å². The zero-order valence-electron chi connectivity index (χ0n) is 66.9. The highest BCUT2D eigenvalue weighted by atomic mass is 15.3. The summed E-state index contributed by atoms with van der Waals surface area (Å²) in [7, 11) is 0. The van der Waals surface area contributed by atoms with E-state index in [9.17, 15) is 0 Å². The molecule has 0 spiro atoms. The minimum absolute atomic E-state index is 0.824. The molecule has 0 N–H and O–H groups in total. The molecule has 4 saturated heterocycles. The normalized spacial score (nSPS) is 53.4. The third kappa shape index (κ3) is 11.9. The Bertz CT molecular complexity index is 2730. The predicted molar refractivity (Wildman–Crippen MR) is 428 cm³/mol. The second kappa shape index (κ2) is 29.7. The summed E-state index contributed by atoms with van der Waals surface area (Å²) in [5, 5.41) is 0. The Balaban J connectivity index is 0.734. The number of rotatable bonds is 9. The molecule has 103 heavy (non-hydrogen) atoms. The summed E-state index contributed by atoms with van der Waals surface area (Å²) in [5.41, 5.74) is 0. The molecule has 31 atom stereocenters. The first-order valence-corrected chi connectivity index (χ1v) is 50.3. The van der Waals surface area contributed by atoms with Gasteiger partial charge in [0.1, 0.15) is 0 Å². The topological polar surface area (TPSA) is 13.0 Å². The van der Waals surface area contributed by atoms with Crippen LogP contribution in [0.3, 0.4) is 0 Å². The van der Waals surface area contributed by atoms with Gasteiger partial charge in [0.2, 0.25) is 0 Å². The van der Waals surface area contributed by atoms with Gasteiger partial charge in [0.05, 0.1) is 0 Å². The van der Waals surface area contributed by atoms with Gasteiger partial charge >= 0.3 is 0 Å². The summed E-state index contributed by atoms with van der Waals surface area (Å²) in [5.74, 6) is 25.9. The monoisotopic (exact) mass is 1400 g/mol.